The van der Waals surface area contributed by atoms with E-state index >= 15 is 0 Å². The number of para-hydroxylation sites is 1. The number of carbonyl (C=O) groups is 1. The monoisotopic (exact) mass is 387 g/mol. The lowest BCUT2D eigenvalue weighted by molar-refractivity contribution is -0.385. The number of nitro benzene ring substituents is 1. The average Bonchev–Trinajstić information content (AvgIpc) is 2.70. The fraction of sp³-hybridized carbons (Fsp3) is 0.368. The third-order valence-electron chi connectivity index (χ3n) is 4.65. The number of benzene rings is 1. The van der Waals surface area contributed by atoms with Gasteiger partial charge in [0.25, 0.3) is 11.6 Å². The third kappa shape index (κ3) is 4.37. The first-order chi connectivity index (χ1) is 13.5. The van der Waals surface area contributed by atoms with Crippen LogP contribution in [0.3, 0.4) is 0 Å². The Morgan fingerprint density at radius 3 is 2.61 bits per heavy atom. The van der Waals surface area contributed by atoms with E-state index in [9.17, 15) is 19.7 Å². The lowest BCUT2D eigenvalue weighted by atomic mass is 10.1. The highest BCUT2D eigenvalue weighted by Gasteiger charge is 2.27. The lowest BCUT2D eigenvalue weighted by Crippen LogP contribution is -2.49. The molecule has 0 spiro atoms. The fourth-order valence-electron chi connectivity index (χ4n) is 3.11. The Balaban J connectivity index is 1.52. The van der Waals surface area contributed by atoms with Crippen LogP contribution in [0.1, 0.15) is 16.1 Å². The number of aryl methyl sites for hydroxylation is 1. The highest BCUT2D eigenvalue weighted by Crippen LogP contribution is 2.20. The predicted molar refractivity (Wildman–Crippen MR) is 101 cm³/mol. The van der Waals surface area contributed by atoms with Crippen molar-refractivity contribution in [2.24, 2.45) is 0 Å². The minimum absolute atomic E-state index is 0.107. The highest BCUT2D eigenvalue weighted by atomic mass is 16.6. The standard InChI is InChI=1S/C19H21N3O6/c1-14-18(17(23)6-12-27-14)28-13-11-20-7-9-21(10-8-20)19(24)15-4-2-3-5-16(15)22(25)26/h2-6,12H,7-11,13H2,1H3. The molecule has 0 N–H and O–H groups in total. The second-order valence-electron chi connectivity index (χ2n) is 6.43. The fourth-order valence-corrected chi connectivity index (χ4v) is 3.11. The van der Waals surface area contributed by atoms with Gasteiger partial charge in [0.1, 0.15) is 17.9 Å². The maximum atomic E-state index is 12.6. The van der Waals surface area contributed by atoms with Crippen LogP contribution in [0.4, 0.5) is 5.69 Å². The van der Waals surface area contributed by atoms with Crippen LogP contribution in [0.2, 0.25) is 0 Å². The van der Waals surface area contributed by atoms with E-state index in [1.165, 1.54) is 24.5 Å². The molecule has 0 saturated carbocycles. The molecule has 0 radical (unpaired) electrons. The van der Waals surface area contributed by atoms with Gasteiger partial charge in [0.15, 0.2) is 0 Å². The van der Waals surface area contributed by atoms with Crippen molar-refractivity contribution in [3.8, 4) is 5.75 Å². The van der Waals surface area contributed by atoms with Gasteiger partial charge in [-0.15, -0.1) is 0 Å². The number of nitro groups is 1. The van der Waals surface area contributed by atoms with Gasteiger partial charge in [-0.2, -0.15) is 0 Å². The molecule has 28 heavy (non-hydrogen) atoms. The van der Waals surface area contributed by atoms with Crippen molar-refractivity contribution in [3.63, 3.8) is 0 Å². The van der Waals surface area contributed by atoms with Crippen LogP contribution in [0.15, 0.2) is 45.8 Å². The molecule has 2 heterocycles. The number of hydrogen-bond donors (Lipinski definition) is 0. The van der Waals surface area contributed by atoms with E-state index in [2.05, 4.69) is 4.90 Å². The second-order valence-corrected chi connectivity index (χ2v) is 6.43. The van der Waals surface area contributed by atoms with Crippen LogP contribution in [-0.4, -0.2) is 60.0 Å². The van der Waals surface area contributed by atoms with E-state index in [1.54, 1.807) is 24.0 Å². The van der Waals surface area contributed by atoms with Crippen molar-refractivity contribution in [3.05, 3.63) is 68.3 Å². The molecule has 9 heteroatoms. The Morgan fingerprint density at radius 1 is 1.21 bits per heavy atom. The Hall–Kier alpha value is -3.20. The van der Waals surface area contributed by atoms with Crippen LogP contribution in [0.5, 0.6) is 5.75 Å². The molecule has 0 unspecified atom stereocenters. The largest absolute Gasteiger partial charge is 0.485 e. The molecule has 1 aliphatic heterocycles. The van der Waals surface area contributed by atoms with E-state index in [0.29, 0.717) is 45.1 Å². The van der Waals surface area contributed by atoms with E-state index in [-0.39, 0.29) is 28.3 Å². The van der Waals surface area contributed by atoms with Crippen LogP contribution >= 0.6 is 0 Å². The molecule has 1 fully saturated rings. The molecular formula is C19H21N3O6. The van der Waals surface area contributed by atoms with E-state index < -0.39 is 4.92 Å². The average molecular weight is 387 g/mol. The zero-order valence-electron chi connectivity index (χ0n) is 15.5. The van der Waals surface area contributed by atoms with Gasteiger partial charge < -0.3 is 14.1 Å². The highest BCUT2D eigenvalue weighted by molar-refractivity contribution is 5.98. The Morgan fingerprint density at radius 2 is 1.93 bits per heavy atom. The first kappa shape index (κ1) is 19.6. The number of ether oxygens (including phenoxy) is 1. The van der Waals surface area contributed by atoms with Gasteiger partial charge in [-0.05, 0) is 13.0 Å². The van der Waals surface area contributed by atoms with E-state index in [1.807, 2.05) is 0 Å². The van der Waals surface area contributed by atoms with Gasteiger partial charge in [0.05, 0.1) is 11.2 Å². The lowest BCUT2D eigenvalue weighted by Gasteiger charge is -2.34. The molecule has 1 aromatic carbocycles. The summed E-state index contributed by atoms with van der Waals surface area (Å²) in [5, 5.41) is 11.1. The Kier molecular flexibility index (Phi) is 6.05. The summed E-state index contributed by atoms with van der Waals surface area (Å²) in [4.78, 5) is 38.7. The number of piperazine rings is 1. The van der Waals surface area contributed by atoms with Gasteiger partial charge in [0.2, 0.25) is 11.2 Å². The van der Waals surface area contributed by atoms with Crippen LogP contribution in [0, 0.1) is 17.0 Å². The maximum absolute atomic E-state index is 12.6. The van der Waals surface area contributed by atoms with Gasteiger partial charge in [-0.1, -0.05) is 12.1 Å². The smallest absolute Gasteiger partial charge is 0.282 e. The van der Waals surface area contributed by atoms with E-state index in [4.69, 9.17) is 9.15 Å². The quantitative estimate of drug-likeness (QED) is 0.548. The Labute approximate surface area is 161 Å². The molecule has 0 atom stereocenters. The van der Waals surface area contributed by atoms with Crippen molar-refractivity contribution in [2.75, 3.05) is 39.3 Å². The van der Waals surface area contributed by atoms with Gasteiger partial charge in [0, 0.05) is 44.9 Å². The summed E-state index contributed by atoms with van der Waals surface area (Å²) in [7, 11) is 0. The topological polar surface area (TPSA) is 106 Å². The molecule has 0 bridgehead atoms. The number of nitrogens with zero attached hydrogens (tertiary/aromatic N) is 3. The van der Waals surface area contributed by atoms with E-state index in [0.717, 1.165) is 0 Å². The van der Waals surface area contributed by atoms with Gasteiger partial charge in [-0.25, -0.2) is 0 Å². The maximum Gasteiger partial charge on any atom is 0.282 e. The zero-order valence-corrected chi connectivity index (χ0v) is 15.5. The van der Waals surface area contributed by atoms with Crippen molar-refractivity contribution in [2.45, 2.75) is 6.92 Å². The van der Waals surface area contributed by atoms with Crippen molar-refractivity contribution in [1.82, 2.24) is 9.80 Å². The van der Waals surface area contributed by atoms with Crippen molar-refractivity contribution >= 4 is 11.6 Å². The molecule has 1 aliphatic rings. The number of carbonyl (C=O) groups excluding carboxylic acids is 1. The van der Waals surface area contributed by atoms with Gasteiger partial charge in [-0.3, -0.25) is 24.6 Å². The van der Waals surface area contributed by atoms with Crippen LogP contribution in [-0.2, 0) is 0 Å². The minimum atomic E-state index is -0.539. The number of amides is 1. The summed E-state index contributed by atoms with van der Waals surface area (Å²) in [6.45, 7) is 4.78. The third-order valence-corrected chi connectivity index (χ3v) is 4.65. The normalized spacial score (nSPS) is 14.7. The molecular weight excluding hydrogens is 366 g/mol. The molecule has 1 amide bonds. The summed E-state index contributed by atoms with van der Waals surface area (Å²) in [5.41, 5.74) is -0.292. The summed E-state index contributed by atoms with van der Waals surface area (Å²) in [5.74, 6) is 0.320. The molecule has 148 valence electrons. The van der Waals surface area contributed by atoms with Crippen molar-refractivity contribution in [1.29, 1.82) is 0 Å². The zero-order chi connectivity index (χ0) is 20.1. The molecule has 3 rings (SSSR count). The Bertz CT molecular complexity index is 918. The SMILES string of the molecule is Cc1occc(=O)c1OCCN1CCN(C(=O)c2ccccc2[N+](=O)[O-])CC1. The summed E-state index contributed by atoms with van der Waals surface area (Å²) in [6.07, 6.45) is 1.33. The molecule has 1 saturated heterocycles. The summed E-state index contributed by atoms with van der Waals surface area (Å²) >= 11 is 0. The summed E-state index contributed by atoms with van der Waals surface area (Å²) < 4.78 is 10.7. The molecule has 1 aromatic heterocycles. The molecule has 0 aliphatic carbocycles. The predicted octanol–water partition coefficient (Wildman–Crippen LogP) is 1.69. The van der Waals surface area contributed by atoms with Crippen LogP contribution < -0.4 is 10.2 Å². The summed E-state index contributed by atoms with van der Waals surface area (Å²) in [6, 6.07) is 7.30. The van der Waals surface area contributed by atoms with Crippen LogP contribution in [0.25, 0.3) is 0 Å². The van der Waals surface area contributed by atoms with Crippen molar-refractivity contribution < 1.29 is 18.9 Å². The second kappa shape index (κ2) is 8.66. The number of rotatable bonds is 6. The number of hydrogen-bond acceptors (Lipinski definition) is 7. The first-order valence-electron chi connectivity index (χ1n) is 8.93. The molecule has 2 aromatic rings. The minimum Gasteiger partial charge on any atom is -0.485 e. The van der Waals surface area contributed by atoms with Gasteiger partial charge >= 0.3 is 0 Å². The molecule has 9 nitrogen and oxygen atoms in total. The first-order valence-corrected chi connectivity index (χ1v) is 8.93.